The first-order chi connectivity index (χ1) is 15.3. The lowest BCUT2D eigenvalue weighted by atomic mass is 10.1. The summed E-state index contributed by atoms with van der Waals surface area (Å²) in [7, 11) is 1.60. The SMILES string of the molecule is COc1ccc(-n2c(SCc3cccc(C(F)(F)F)c3)nnc2-c2cccc(C)c2)cc1. The molecular weight excluding hydrogens is 435 g/mol. The maximum absolute atomic E-state index is 13.1. The second-order valence-corrected chi connectivity index (χ2v) is 8.14. The van der Waals surface area contributed by atoms with Gasteiger partial charge in [-0.05, 0) is 48.9 Å². The number of hydrogen-bond acceptors (Lipinski definition) is 4. The van der Waals surface area contributed by atoms with Crippen LogP contribution in [-0.4, -0.2) is 21.9 Å². The van der Waals surface area contributed by atoms with Crippen LogP contribution in [0.1, 0.15) is 16.7 Å². The third-order valence-corrected chi connectivity index (χ3v) is 5.86. The molecule has 164 valence electrons. The predicted molar refractivity (Wildman–Crippen MR) is 119 cm³/mol. The van der Waals surface area contributed by atoms with Gasteiger partial charge in [-0.25, -0.2) is 0 Å². The van der Waals surface area contributed by atoms with Gasteiger partial charge in [-0.2, -0.15) is 13.2 Å². The molecule has 0 saturated heterocycles. The van der Waals surface area contributed by atoms with E-state index in [4.69, 9.17) is 4.74 Å². The summed E-state index contributed by atoms with van der Waals surface area (Å²) in [6.45, 7) is 2.00. The Morgan fingerprint density at radius 2 is 1.69 bits per heavy atom. The first-order valence-electron chi connectivity index (χ1n) is 9.81. The molecular formula is C24H20F3N3OS. The first kappa shape index (κ1) is 22.0. The fraction of sp³-hybridized carbons (Fsp3) is 0.167. The van der Waals surface area contributed by atoms with E-state index in [9.17, 15) is 13.2 Å². The fourth-order valence-electron chi connectivity index (χ4n) is 3.28. The van der Waals surface area contributed by atoms with Crippen LogP contribution in [0.2, 0.25) is 0 Å². The lowest BCUT2D eigenvalue weighted by Gasteiger charge is -2.12. The Hall–Kier alpha value is -3.26. The maximum atomic E-state index is 13.1. The zero-order valence-electron chi connectivity index (χ0n) is 17.4. The van der Waals surface area contributed by atoms with Gasteiger partial charge in [0, 0.05) is 17.0 Å². The first-order valence-corrected chi connectivity index (χ1v) is 10.8. The summed E-state index contributed by atoms with van der Waals surface area (Å²) in [6, 6.07) is 20.8. The van der Waals surface area contributed by atoms with Gasteiger partial charge in [0.05, 0.1) is 12.7 Å². The van der Waals surface area contributed by atoms with Crippen LogP contribution in [0.3, 0.4) is 0 Å². The van der Waals surface area contributed by atoms with Crippen LogP contribution in [0.4, 0.5) is 13.2 Å². The summed E-state index contributed by atoms with van der Waals surface area (Å²) in [5.41, 5.74) is 2.72. The largest absolute Gasteiger partial charge is 0.497 e. The lowest BCUT2D eigenvalue weighted by molar-refractivity contribution is -0.137. The molecule has 0 bridgehead atoms. The molecule has 0 saturated carbocycles. The van der Waals surface area contributed by atoms with Crippen molar-refractivity contribution in [3.05, 3.63) is 89.5 Å². The average molecular weight is 456 g/mol. The van der Waals surface area contributed by atoms with E-state index in [0.29, 0.717) is 22.3 Å². The summed E-state index contributed by atoms with van der Waals surface area (Å²) < 4.78 is 46.3. The standard InChI is InChI=1S/C24H20F3N3OS/c1-16-5-3-7-18(13-16)22-28-29-23(30(22)20-9-11-21(31-2)12-10-20)32-15-17-6-4-8-19(14-17)24(25,26)27/h3-14H,15H2,1-2H3. The topological polar surface area (TPSA) is 39.9 Å². The van der Waals surface area contributed by atoms with Crippen LogP contribution in [0.5, 0.6) is 5.75 Å². The molecule has 4 rings (SSSR count). The third-order valence-electron chi connectivity index (χ3n) is 4.86. The van der Waals surface area contributed by atoms with Crippen molar-refractivity contribution in [1.82, 2.24) is 14.8 Å². The van der Waals surface area contributed by atoms with Crippen LogP contribution in [0, 0.1) is 6.92 Å². The number of methoxy groups -OCH3 is 1. The van der Waals surface area contributed by atoms with Crippen molar-refractivity contribution in [2.45, 2.75) is 24.0 Å². The Labute approximate surface area is 188 Å². The van der Waals surface area contributed by atoms with Crippen molar-refractivity contribution in [2.24, 2.45) is 0 Å². The molecule has 0 aliphatic rings. The number of benzene rings is 3. The van der Waals surface area contributed by atoms with Gasteiger partial charge in [0.2, 0.25) is 0 Å². The molecule has 3 aromatic carbocycles. The Morgan fingerprint density at radius 1 is 0.938 bits per heavy atom. The normalized spacial score (nSPS) is 11.5. The molecule has 0 atom stereocenters. The van der Waals surface area contributed by atoms with Crippen molar-refractivity contribution in [3.8, 4) is 22.8 Å². The highest BCUT2D eigenvalue weighted by molar-refractivity contribution is 7.98. The molecule has 0 unspecified atom stereocenters. The Morgan fingerprint density at radius 3 is 2.38 bits per heavy atom. The smallest absolute Gasteiger partial charge is 0.416 e. The molecule has 0 amide bonds. The minimum atomic E-state index is -4.37. The minimum absolute atomic E-state index is 0.325. The average Bonchev–Trinajstić information content (AvgIpc) is 3.21. The number of nitrogens with zero attached hydrogens (tertiary/aromatic N) is 3. The number of hydrogen-bond donors (Lipinski definition) is 0. The fourth-order valence-corrected chi connectivity index (χ4v) is 4.18. The monoisotopic (exact) mass is 455 g/mol. The van der Waals surface area contributed by atoms with Crippen molar-refractivity contribution in [3.63, 3.8) is 0 Å². The van der Waals surface area contributed by atoms with Gasteiger partial charge in [-0.15, -0.1) is 10.2 Å². The van der Waals surface area contributed by atoms with Crippen LogP contribution in [0.25, 0.3) is 17.1 Å². The van der Waals surface area contributed by atoms with Crippen LogP contribution in [-0.2, 0) is 11.9 Å². The van der Waals surface area contributed by atoms with Gasteiger partial charge in [0.15, 0.2) is 11.0 Å². The van der Waals surface area contributed by atoms with Gasteiger partial charge in [0.1, 0.15) is 5.75 Å². The minimum Gasteiger partial charge on any atom is -0.497 e. The molecule has 1 aromatic heterocycles. The van der Waals surface area contributed by atoms with Crippen molar-refractivity contribution >= 4 is 11.8 Å². The Bertz CT molecular complexity index is 1220. The van der Waals surface area contributed by atoms with E-state index in [2.05, 4.69) is 10.2 Å². The maximum Gasteiger partial charge on any atom is 0.416 e. The molecule has 0 aliphatic carbocycles. The van der Waals surface area contributed by atoms with Gasteiger partial charge in [-0.1, -0.05) is 53.7 Å². The van der Waals surface area contributed by atoms with Gasteiger partial charge in [-0.3, -0.25) is 4.57 Å². The highest BCUT2D eigenvalue weighted by atomic mass is 32.2. The molecule has 0 spiro atoms. The highest BCUT2D eigenvalue weighted by Gasteiger charge is 2.30. The number of aryl methyl sites for hydroxylation is 1. The van der Waals surface area contributed by atoms with Crippen LogP contribution in [0.15, 0.2) is 78.0 Å². The molecule has 0 N–H and O–H groups in total. The van der Waals surface area contributed by atoms with Crippen molar-refractivity contribution < 1.29 is 17.9 Å². The van der Waals surface area contributed by atoms with Gasteiger partial charge >= 0.3 is 6.18 Å². The molecule has 0 fully saturated rings. The molecule has 32 heavy (non-hydrogen) atoms. The molecule has 8 heteroatoms. The summed E-state index contributed by atoms with van der Waals surface area (Å²) in [4.78, 5) is 0. The zero-order chi connectivity index (χ0) is 22.7. The van der Waals surface area contributed by atoms with Gasteiger partial charge in [0.25, 0.3) is 0 Å². The molecule has 4 nitrogen and oxygen atoms in total. The summed E-state index contributed by atoms with van der Waals surface area (Å²) >= 11 is 1.33. The molecule has 1 heterocycles. The predicted octanol–water partition coefficient (Wildman–Crippen LogP) is 6.56. The summed E-state index contributed by atoms with van der Waals surface area (Å²) in [6.07, 6.45) is -4.37. The van der Waals surface area contributed by atoms with E-state index >= 15 is 0 Å². The number of thioether (sulfide) groups is 1. The van der Waals surface area contributed by atoms with Crippen molar-refractivity contribution in [2.75, 3.05) is 7.11 Å². The number of alkyl halides is 3. The van der Waals surface area contributed by atoms with E-state index in [-0.39, 0.29) is 0 Å². The van der Waals surface area contributed by atoms with Crippen LogP contribution < -0.4 is 4.74 Å². The molecule has 0 aliphatic heterocycles. The lowest BCUT2D eigenvalue weighted by Crippen LogP contribution is -2.05. The summed E-state index contributed by atoms with van der Waals surface area (Å²) in [5, 5.41) is 9.33. The number of rotatable bonds is 6. The highest BCUT2D eigenvalue weighted by Crippen LogP contribution is 2.33. The van der Waals surface area contributed by atoms with Crippen LogP contribution >= 0.6 is 11.8 Å². The molecule has 0 radical (unpaired) electrons. The van der Waals surface area contributed by atoms with E-state index < -0.39 is 11.7 Å². The Kier molecular flexibility index (Phi) is 6.23. The van der Waals surface area contributed by atoms with Crippen molar-refractivity contribution in [1.29, 1.82) is 0 Å². The van der Waals surface area contributed by atoms with E-state index in [1.54, 1.807) is 13.2 Å². The number of aromatic nitrogens is 3. The quantitative estimate of drug-likeness (QED) is 0.309. The number of halogens is 3. The number of ether oxygens (including phenoxy) is 1. The zero-order valence-corrected chi connectivity index (χ0v) is 18.2. The second kappa shape index (κ2) is 9.08. The third kappa shape index (κ3) is 4.80. The van der Waals surface area contributed by atoms with E-state index in [0.717, 1.165) is 28.6 Å². The molecule has 4 aromatic rings. The van der Waals surface area contributed by atoms with E-state index in [1.165, 1.54) is 23.9 Å². The summed E-state index contributed by atoms with van der Waals surface area (Å²) in [5.74, 6) is 1.70. The van der Waals surface area contributed by atoms with E-state index in [1.807, 2.05) is 60.0 Å². The Balaban J connectivity index is 1.70. The van der Waals surface area contributed by atoms with Gasteiger partial charge < -0.3 is 4.74 Å². The second-order valence-electron chi connectivity index (χ2n) is 7.20.